The molecule has 17 heavy (non-hydrogen) atoms. The minimum absolute atomic E-state index is 0.150. The summed E-state index contributed by atoms with van der Waals surface area (Å²) in [6.45, 7) is 2.11. The summed E-state index contributed by atoms with van der Waals surface area (Å²) in [6, 6.07) is 2.52. The van der Waals surface area contributed by atoms with Crippen LogP contribution in [0.5, 0.6) is 0 Å². The smallest absolute Gasteiger partial charge is 0.173 e. The molecule has 0 aliphatic carbocycles. The molecule has 0 aliphatic rings. The van der Waals surface area contributed by atoms with E-state index in [-0.39, 0.29) is 10.5 Å². The molecule has 96 valence electrons. The third kappa shape index (κ3) is 3.72. The van der Waals surface area contributed by atoms with E-state index in [1.165, 1.54) is 0 Å². The molecular formula is C12H17BrF2N2. The Morgan fingerprint density at radius 1 is 1.35 bits per heavy atom. The Balaban J connectivity index is 2.85. The molecule has 1 aromatic carbocycles. The van der Waals surface area contributed by atoms with Crippen LogP contribution in [0.4, 0.5) is 8.78 Å². The number of rotatable bonds is 6. The molecule has 0 fully saturated rings. The second-order valence-corrected chi connectivity index (χ2v) is 4.77. The molecule has 1 aromatic rings. The van der Waals surface area contributed by atoms with E-state index in [0.717, 1.165) is 31.7 Å². The molecule has 0 bridgehead atoms. The van der Waals surface area contributed by atoms with Gasteiger partial charge in [-0.3, -0.25) is 11.3 Å². The highest BCUT2D eigenvalue weighted by Crippen LogP contribution is 2.30. The minimum Gasteiger partial charge on any atom is -0.271 e. The van der Waals surface area contributed by atoms with Gasteiger partial charge in [0.15, 0.2) is 11.6 Å². The fourth-order valence-electron chi connectivity index (χ4n) is 1.74. The Bertz CT molecular complexity index is 372. The zero-order valence-electron chi connectivity index (χ0n) is 9.77. The van der Waals surface area contributed by atoms with Crippen molar-refractivity contribution in [2.24, 2.45) is 5.84 Å². The van der Waals surface area contributed by atoms with E-state index in [9.17, 15) is 8.78 Å². The van der Waals surface area contributed by atoms with Gasteiger partial charge in [-0.2, -0.15) is 0 Å². The van der Waals surface area contributed by atoms with Gasteiger partial charge in [0.25, 0.3) is 0 Å². The molecule has 0 heterocycles. The average Bonchev–Trinajstić information content (AvgIpc) is 2.33. The van der Waals surface area contributed by atoms with Crippen molar-refractivity contribution in [1.82, 2.24) is 5.43 Å². The maximum Gasteiger partial charge on any atom is 0.173 e. The van der Waals surface area contributed by atoms with Crippen LogP contribution in [0.3, 0.4) is 0 Å². The Morgan fingerprint density at radius 3 is 2.65 bits per heavy atom. The van der Waals surface area contributed by atoms with Crippen molar-refractivity contribution >= 4 is 15.9 Å². The topological polar surface area (TPSA) is 38.0 Å². The van der Waals surface area contributed by atoms with Gasteiger partial charge in [0.2, 0.25) is 0 Å². The van der Waals surface area contributed by atoms with E-state index < -0.39 is 11.6 Å². The monoisotopic (exact) mass is 306 g/mol. The quantitative estimate of drug-likeness (QED) is 0.363. The summed E-state index contributed by atoms with van der Waals surface area (Å²) < 4.78 is 26.5. The molecule has 1 unspecified atom stereocenters. The standard InChI is InChI=1S/C12H17BrF2N2/c1-2-3-4-5-10(17-16)8-6-7-9(14)12(15)11(8)13/h6-7,10,17H,2-5,16H2,1H3. The van der Waals surface area contributed by atoms with E-state index >= 15 is 0 Å². The highest BCUT2D eigenvalue weighted by atomic mass is 79.9. The van der Waals surface area contributed by atoms with Gasteiger partial charge in [0.05, 0.1) is 4.47 Å². The van der Waals surface area contributed by atoms with Crippen molar-refractivity contribution < 1.29 is 8.78 Å². The van der Waals surface area contributed by atoms with Crippen LogP contribution in [-0.2, 0) is 0 Å². The molecule has 5 heteroatoms. The lowest BCUT2D eigenvalue weighted by molar-refractivity contribution is 0.469. The number of hydrogen-bond acceptors (Lipinski definition) is 2. The second kappa shape index (κ2) is 7.03. The zero-order chi connectivity index (χ0) is 12.8. The van der Waals surface area contributed by atoms with Crippen molar-refractivity contribution in [2.45, 2.75) is 38.6 Å². The third-order valence-electron chi connectivity index (χ3n) is 2.74. The third-order valence-corrected chi connectivity index (χ3v) is 3.54. The van der Waals surface area contributed by atoms with Gasteiger partial charge in [0, 0.05) is 6.04 Å². The zero-order valence-corrected chi connectivity index (χ0v) is 11.4. The number of benzene rings is 1. The molecule has 0 aliphatic heterocycles. The van der Waals surface area contributed by atoms with Crippen LogP contribution in [0.15, 0.2) is 16.6 Å². The Labute approximate surface area is 109 Å². The molecule has 0 saturated carbocycles. The number of hydrazine groups is 1. The predicted molar refractivity (Wildman–Crippen MR) is 68.3 cm³/mol. The summed E-state index contributed by atoms with van der Waals surface area (Å²) in [5.74, 6) is 3.74. The first-order valence-corrected chi connectivity index (χ1v) is 6.50. The molecule has 1 rings (SSSR count). The van der Waals surface area contributed by atoms with Crippen LogP contribution in [0.1, 0.15) is 44.2 Å². The summed E-state index contributed by atoms with van der Waals surface area (Å²) >= 11 is 3.07. The normalized spacial score (nSPS) is 12.8. The first-order valence-electron chi connectivity index (χ1n) is 5.71. The SMILES string of the molecule is CCCCCC(NN)c1ccc(F)c(F)c1Br. The molecule has 0 saturated heterocycles. The van der Waals surface area contributed by atoms with Crippen molar-refractivity contribution in [3.8, 4) is 0 Å². The lowest BCUT2D eigenvalue weighted by Gasteiger charge is -2.18. The van der Waals surface area contributed by atoms with E-state index in [4.69, 9.17) is 5.84 Å². The van der Waals surface area contributed by atoms with Gasteiger partial charge in [-0.15, -0.1) is 0 Å². The van der Waals surface area contributed by atoms with Crippen molar-refractivity contribution in [2.75, 3.05) is 0 Å². The first kappa shape index (κ1) is 14.5. The van der Waals surface area contributed by atoms with Gasteiger partial charge in [-0.1, -0.05) is 32.3 Å². The predicted octanol–water partition coefficient (Wildman–Crippen LogP) is 3.81. The average molecular weight is 307 g/mol. The molecule has 1 atom stereocenters. The first-order chi connectivity index (χ1) is 8.11. The van der Waals surface area contributed by atoms with E-state index in [1.54, 1.807) is 6.07 Å². The Kier molecular flexibility index (Phi) is 6.02. The van der Waals surface area contributed by atoms with E-state index in [2.05, 4.69) is 28.3 Å². The van der Waals surface area contributed by atoms with Gasteiger partial charge in [-0.25, -0.2) is 8.78 Å². The van der Waals surface area contributed by atoms with E-state index in [0.29, 0.717) is 5.56 Å². The lowest BCUT2D eigenvalue weighted by Crippen LogP contribution is -2.28. The molecule has 0 spiro atoms. The fourth-order valence-corrected chi connectivity index (χ4v) is 2.33. The van der Waals surface area contributed by atoms with Crippen LogP contribution in [-0.4, -0.2) is 0 Å². The summed E-state index contributed by atoms with van der Waals surface area (Å²) in [7, 11) is 0. The highest BCUT2D eigenvalue weighted by molar-refractivity contribution is 9.10. The summed E-state index contributed by atoms with van der Waals surface area (Å²) in [4.78, 5) is 0. The molecular weight excluding hydrogens is 290 g/mol. The summed E-state index contributed by atoms with van der Waals surface area (Å²) in [5, 5.41) is 0. The highest BCUT2D eigenvalue weighted by Gasteiger charge is 2.17. The van der Waals surface area contributed by atoms with E-state index in [1.807, 2.05) is 0 Å². The van der Waals surface area contributed by atoms with Gasteiger partial charge >= 0.3 is 0 Å². The Morgan fingerprint density at radius 2 is 2.06 bits per heavy atom. The second-order valence-electron chi connectivity index (χ2n) is 3.98. The van der Waals surface area contributed by atoms with Crippen LogP contribution in [0.25, 0.3) is 0 Å². The lowest BCUT2D eigenvalue weighted by atomic mass is 10.0. The molecule has 0 radical (unpaired) electrons. The number of unbranched alkanes of at least 4 members (excludes halogenated alkanes) is 2. The van der Waals surface area contributed by atoms with Gasteiger partial charge < -0.3 is 0 Å². The number of hydrogen-bond donors (Lipinski definition) is 2. The van der Waals surface area contributed by atoms with Crippen LogP contribution < -0.4 is 11.3 Å². The number of nitrogens with one attached hydrogen (secondary N) is 1. The Hall–Kier alpha value is -0.520. The van der Waals surface area contributed by atoms with Crippen molar-refractivity contribution in [1.29, 1.82) is 0 Å². The van der Waals surface area contributed by atoms with Crippen molar-refractivity contribution in [3.63, 3.8) is 0 Å². The van der Waals surface area contributed by atoms with Crippen molar-refractivity contribution in [3.05, 3.63) is 33.8 Å². The molecule has 0 amide bonds. The summed E-state index contributed by atoms with van der Waals surface area (Å²) in [5.41, 5.74) is 3.30. The van der Waals surface area contributed by atoms with Crippen LogP contribution in [0, 0.1) is 11.6 Å². The fraction of sp³-hybridized carbons (Fsp3) is 0.500. The molecule has 2 nitrogen and oxygen atoms in total. The minimum atomic E-state index is -0.863. The number of nitrogens with two attached hydrogens (primary N) is 1. The molecule has 0 aromatic heterocycles. The van der Waals surface area contributed by atoms with Crippen LogP contribution in [0.2, 0.25) is 0 Å². The maximum absolute atomic E-state index is 13.4. The number of halogens is 3. The summed E-state index contributed by atoms with van der Waals surface area (Å²) in [6.07, 6.45) is 4.00. The molecule has 3 N–H and O–H groups in total. The van der Waals surface area contributed by atoms with Gasteiger partial charge in [-0.05, 0) is 34.0 Å². The maximum atomic E-state index is 13.4. The van der Waals surface area contributed by atoms with Gasteiger partial charge in [0.1, 0.15) is 0 Å². The largest absolute Gasteiger partial charge is 0.271 e. The van der Waals surface area contributed by atoms with Crippen LogP contribution >= 0.6 is 15.9 Å².